The number of methoxy groups -OCH3 is 1. The van der Waals surface area contributed by atoms with Crippen molar-refractivity contribution in [3.05, 3.63) is 51.4 Å². The summed E-state index contributed by atoms with van der Waals surface area (Å²) in [6, 6.07) is 4.63. The molecule has 0 spiro atoms. The van der Waals surface area contributed by atoms with Crippen molar-refractivity contribution < 1.29 is 18.7 Å². The number of anilines is 1. The Morgan fingerprint density at radius 1 is 1.52 bits per heavy atom. The van der Waals surface area contributed by atoms with Gasteiger partial charge in [0, 0.05) is 30.3 Å². The fourth-order valence-corrected chi connectivity index (χ4v) is 2.92. The average Bonchev–Trinajstić information content (AvgIpc) is 3.05. The first-order valence-electron chi connectivity index (χ1n) is 7.01. The lowest BCUT2D eigenvalue weighted by Gasteiger charge is -2.12. The molecule has 7 heteroatoms. The number of carbonyl (C=O) groups excluding carboxylic acids is 1. The Morgan fingerprint density at radius 3 is 3.13 bits per heavy atom. The second kappa shape index (κ2) is 6.54. The molecular formula is C16H14BrFN2O3. The third-order valence-electron chi connectivity index (χ3n) is 3.61. The third kappa shape index (κ3) is 3.01. The third-order valence-corrected chi connectivity index (χ3v) is 4.18. The Hall–Kier alpha value is -2.15. The number of hydrogen-bond donors (Lipinski definition) is 1. The van der Waals surface area contributed by atoms with E-state index in [4.69, 9.17) is 4.74 Å². The van der Waals surface area contributed by atoms with E-state index in [1.54, 1.807) is 18.3 Å². The van der Waals surface area contributed by atoms with Gasteiger partial charge in [0.05, 0.1) is 23.8 Å². The standard InChI is InChI=1S/C16H14BrFN2O3/c1-22-16(21)10-4-2-3-9(13(10)18)7-19-15-11-5-6-23-14(11)12(17)8-20-15/h2-4,8H,5-7H2,1H3,(H,19,20). The lowest BCUT2D eigenvalue weighted by atomic mass is 10.1. The number of nitrogens with zero attached hydrogens (tertiary/aromatic N) is 1. The number of carbonyl (C=O) groups is 1. The molecule has 0 bridgehead atoms. The number of hydrogen-bond acceptors (Lipinski definition) is 5. The molecule has 120 valence electrons. The molecule has 0 atom stereocenters. The van der Waals surface area contributed by atoms with E-state index in [9.17, 15) is 9.18 Å². The highest BCUT2D eigenvalue weighted by atomic mass is 79.9. The number of esters is 1. The summed E-state index contributed by atoms with van der Waals surface area (Å²) in [5, 5.41) is 3.11. The van der Waals surface area contributed by atoms with E-state index in [1.807, 2.05) is 0 Å². The first-order chi connectivity index (χ1) is 11.1. The monoisotopic (exact) mass is 380 g/mol. The molecule has 0 amide bonds. The molecule has 0 saturated carbocycles. The van der Waals surface area contributed by atoms with Gasteiger partial charge < -0.3 is 14.8 Å². The summed E-state index contributed by atoms with van der Waals surface area (Å²) >= 11 is 3.40. The Labute approximate surface area is 140 Å². The van der Waals surface area contributed by atoms with Crippen molar-refractivity contribution >= 4 is 27.7 Å². The molecule has 1 aromatic carbocycles. The van der Waals surface area contributed by atoms with E-state index < -0.39 is 11.8 Å². The SMILES string of the molecule is COC(=O)c1cccc(CNc2ncc(Br)c3c2CCO3)c1F. The van der Waals surface area contributed by atoms with Crippen LogP contribution < -0.4 is 10.1 Å². The minimum atomic E-state index is -0.694. The van der Waals surface area contributed by atoms with E-state index in [0.717, 1.165) is 22.2 Å². The average molecular weight is 381 g/mol. The lowest BCUT2D eigenvalue weighted by molar-refractivity contribution is 0.0595. The Kier molecular flexibility index (Phi) is 4.47. The van der Waals surface area contributed by atoms with Crippen LogP contribution in [0.15, 0.2) is 28.9 Å². The van der Waals surface area contributed by atoms with Crippen LogP contribution in [0.5, 0.6) is 5.75 Å². The summed E-state index contributed by atoms with van der Waals surface area (Å²) in [6.45, 7) is 0.804. The second-order valence-corrected chi connectivity index (χ2v) is 5.84. The number of rotatable bonds is 4. The Balaban J connectivity index is 1.82. The minimum Gasteiger partial charge on any atom is -0.492 e. The first kappa shape index (κ1) is 15.7. The summed E-state index contributed by atoms with van der Waals surface area (Å²) in [6.07, 6.45) is 2.39. The van der Waals surface area contributed by atoms with Gasteiger partial charge in [-0.3, -0.25) is 0 Å². The number of aromatic nitrogens is 1. The summed E-state index contributed by atoms with van der Waals surface area (Å²) in [5.41, 5.74) is 1.25. The van der Waals surface area contributed by atoms with Gasteiger partial charge in [-0.05, 0) is 22.0 Å². The summed E-state index contributed by atoms with van der Waals surface area (Å²) < 4.78 is 25.3. The zero-order chi connectivity index (χ0) is 16.4. The van der Waals surface area contributed by atoms with Crippen molar-refractivity contribution in [1.82, 2.24) is 4.98 Å². The van der Waals surface area contributed by atoms with Crippen LogP contribution in [0.4, 0.5) is 10.2 Å². The van der Waals surface area contributed by atoms with Crippen molar-refractivity contribution in [2.45, 2.75) is 13.0 Å². The predicted molar refractivity (Wildman–Crippen MR) is 86.2 cm³/mol. The van der Waals surface area contributed by atoms with Gasteiger partial charge in [-0.15, -0.1) is 0 Å². The number of halogens is 2. The molecule has 1 aromatic heterocycles. The van der Waals surface area contributed by atoms with Crippen LogP contribution >= 0.6 is 15.9 Å². The molecule has 0 radical (unpaired) electrons. The van der Waals surface area contributed by atoms with E-state index in [0.29, 0.717) is 18.0 Å². The lowest BCUT2D eigenvalue weighted by Crippen LogP contribution is -2.10. The van der Waals surface area contributed by atoms with E-state index >= 15 is 0 Å². The van der Waals surface area contributed by atoms with E-state index in [-0.39, 0.29) is 12.1 Å². The van der Waals surface area contributed by atoms with Gasteiger partial charge in [-0.1, -0.05) is 12.1 Å². The first-order valence-corrected chi connectivity index (χ1v) is 7.81. The number of benzene rings is 1. The van der Waals surface area contributed by atoms with Crippen LogP contribution in [0.25, 0.3) is 0 Å². The van der Waals surface area contributed by atoms with Gasteiger partial charge in [0.25, 0.3) is 0 Å². The molecule has 1 aliphatic rings. The maximum absolute atomic E-state index is 14.4. The molecule has 3 rings (SSSR count). The summed E-state index contributed by atoms with van der Waals surface area (Å²) in [4.78, 5) is 15.9. The largest absolute Gasteiger partial charge is 0.492 e. The van der Waals surface area contributed by atoms with Crippen LogP contribution in [-0.4, -0.2) is 24.7 Å². The smallest absolute Gasteiger partial charge is 0.340 e. The van der Waals surface area contributed by atoms with E-state index in [1.165, 1.54) is 13.2 Å². The number of nitrogens with one attached hydrogen (secondary N) is 1. The topological polar surface area (TPSA) is 60.5 Å². The Bertz CT molecular complexity index is 767. The van der Waals surface area contributed by atoms with Crippen molar-refractivity contribution in [2.24, 2.45) is 0 Å². The number of fused-ring (bicyclic) bond motifs is 1. The van der Waals surface area contributed by atoms with Gasteiger partial charge in [0.1, 0.15) is 17.4 Å². The Morgan fingerprint density at radius 2 is 2.35 bits per heavy atom. The normalized spacial score (nSPS) is 12.5. The predicted octanol–water partition coefficient (Wildman–Crippen LogP) is 3.32. The van der Waals surface area contributed by atoms with Crippen LogP contribution in [0, 0.1) is 5.82 Å². The van der Waals surface area contributed by atoms with E-state index in [2.05, 4.69) is 31.0 Å². The van der Waals surface area contributed by atoms with Crippen molar-refractivity contribution in [2.75, 3.05) is 19.0 Å². The highest BCUT2D eigenvalue weighted by Gasteiger charge is 2.21. The van der Waals surface area contributed by atoms with Gasteiger partial charge in [-0.25, -0.2) is 14.2 Å². The van der Waals surface area contributed by atoms with Gasteiger partial charge in [-0.2, -0.15) is 0 Å². The maximum Gasteiger partial charge on any atom is 0.340 e. The number of pyridine rings is 1. The molecule has 0 saturated heterocycles. The molecule has 0 fully saturated rings. The van der Waals surface area contributed by atoms with Crippen molar-refractivity contribution in [3.63, 3.8) is 0 Å². The van der Waals surface area contributed by atoms with Crippen LogP contribution in [0.2, 0.25) is 0 Å². The molecule has 2 aromatic rings. The molecule has 5 nitrogen and oxygen atoms in total. The van der Waals surface area contributed by atoms with Gasteiger partial charge in [0.2, 0.25) is 0 Å². The molecule has 0 unspecified atom stereocenters. The molecule has 1 N–H and O–H groups in total. The highest BCUT2D eigenvalue weighted by Crippen LogP contribution is 2.37. The second-order valence-electron chi connectivity index (χ2n) is 4.98. The summed E-state index contributed by atoms with van der Waals surface area (Å²) in [5.74, 6) is 0.145. The maximum atomic E-state index is 14.4. The zero-order valence-electron chi connectivity index (χ0n) is 12.4. The zero-order valence-corrected chi connectivity index (χ0v) is 13.9. The highest BCUT2D eigenvalue weighted by molar-refractivity contribution is 9.10. The quantitative estimate of drug-likeness (QED) is 0.824. The van der Waals surface area contributed by atoms with Crippen LogP contribution in [-0.2, 0) is 17.7 Å². The fourth-order valence-electron chi connectivity index (χ4n) is 2.47. The fraction of sp³-hybridized carbons (Fsp3) is 0.250. The van der Waals surface area contributed by atoms with Gasteiger partial charge >= 0.3 is 5.97 Å². The number of ether oxygens (including phenoxy) is 2. The van der Waals surface area contributed by atoms with Crippen LogP contribution in [0.3, 0.4) is 0 Å². The minimum absolute atomic E-state index is 0.0795. The molecule has 1 aliphatic heterocycles. The van der Waals surface area contributed by atoms with Crippen molar-refractivity contribution in [1.29, 1.82) is 0 Å². The van der Waals surface area contributed by atoms with Crippen LogP contribution in [0.1, 0.15) is 21.5 Å². The molecule has 2 heterocycles. The molecule has 23 heavy (non-hydrogen) atoms. The van der Waals surface area contributed by atoms with Crippen molar-refractivity contribution in [3.8, 4) is 5.75 Å². The van der Waals surface area contributed by atoms with Gasteiger partial charge in [0.15, 0.2) is 0 Å². The summed E-state index contributed by atoms with van der Waals surface area (Å²) in [7, 11) is 1.22. The molecular weight excluding hydrogens is 367 g/mol. The molecule has 0 aliphatic carbocycles.